The van der Waals surface area contributed by atoms with Gasteiger partial charge in [-0.05, 0) is 18.6 Å². The number of rotatable bonds is 10. The van der Waals surface area contributed by atoms with Crippen molar-refractivity contribution in [2.45, 2.75) is 58.3 Å². The average molecular weight is 252 g/mol. The second-order valence-electron chi connectivity index (χ2n) is 4.75. The van der Waals surface area contributed by atoms with E-state index in [0.717, 1.165) is 13.0 Å². The van der Waals surface area contributed by atoms with Crippen molar-refractivity contribution >= 4 is 5.82 Å². The van der Waals surface area contributed by atoms with Crippen LogP contribution in [0.4, 0.5) is 10.2 Å². The molecule has 1 N–H and O–H groups in total. The Balaban J connectivity index is 1.92. The molecule has 0 amide bonds. The van der Waals surface area contributed by atoms with E-state index in [2.05, 4.69) is 17.2 Å². The van der Waals surface area contributed by atoms with E-state index in [0.29, 0.717) is 5.82 Å². The molecule has 102 valence electrons. The third-order valence-corrected chi connectivity index (χ3v) is 3.05. The summed E-state index contributed by atoms with van der Waals surface area (Å²) in [5.41, 5.74) is 0. The smallest absolute Gasteiger partial charge is 0.214 e. The number of hydrogen-bond donors (Lipinski definition) is 1. The number of anilines is 1. The van der Waals surface area contributed by atoms with Crippen LogP contribution in [0, 0.1) is 5.95 Å². The van der Waals surface area contributed by atoms with Gasteiger partial charge in [0.2, 0.25) is 5.95 Å². The summed E-state index contributed by atoms with van der Waals surface area (Å²) in [6.45, 7) is 3.12. The molecule has 0 bridgehead atoms. The fraction of sp³-hybridized carbons (Fsp3) is 0.667. The minimum absolute atomic E-state index is 0.420. The molecule has 1 rings (SSSR count). The molecular weight excluding hydrogens is 227 g/mol. The molecule has 1 aromatic heterocycles. The summed E-state index contributed by atoms with van der Waals surface area (Å²) in [5, 5.41) is 3.15. The van der Waals surface area contributed by atoms with E-state index in [4.69, 9.17) is 0 Å². The third-order valence-electron chi connectivity index (χ3n) is 3.05. The van der Waals surface area contributed by atoms with Crippen LogP contribution >= 0.6 is 0 Å². The van der Waals surface area contributed by atoms with Crippen molar-refractivity contribution in [3.63, 3.8) is 0 Å². The number of hydrogen-bond acceptors (Lipinski definition) is 2. The molecule has 1 heterocycles. The average Bonchev–Trinajstić information content (AvgIpc) is 2.37. The first-order valence-corrected chi connectivity index (χ1v) is 7.19. The maximum Gasteiger partial charge on any atom is 0.214 e. The molecule has 0 fully saturated rings. The molecule has 2 nitrogen and oxygen atoms in total. The summed E-state index contributed by atoms with van der Waals surface area (Å²) < 4.78 is 12.8. The van der Waals surface area contributed by atoms with Crippen LogP contribution in [0.2, 0.25) is 0 Å². The summed E-state index contributed by atoms with van der Waals surface area (Å²) in [5.74, 6) is 0.217. The van der Waals surface area contributed by atoms with Crippen LogP contribution in [0.1, 0.15) is 58.3 Å². The lowest BCUT2D eigenvalue weighted by molar-refractivity contribution is 0.578. The van der Waals surface area contributed by atoms with Crippen molar-refractivity contribution in [2.75, 3.05) is 11.9 Å². The predicted octanol–water partition coefficient (Wildman–Crippen LogP) is 4.77. The van der Waals surface area contributed by atoms with Crippen LogP contribution in [-0.4, -0.2) is 11.5 Å². The van der Waals surface area contributed by atoms with Crippen LogP contribution in [-0.2, 0) is 0 Å². The first-order chi connectivity index (χ1) is 8.83. The monoisotopic (exact) mass is 252 g/mol. The normalized spacial score (nSPS) is 10.6. The van der Waals surface area contributed by atoms with Gasteiger partial charge in [-0.3, -0.25) is 0 Å². The lowest BCUT2D eigenvalue weighted by Gasteiger charge is -2.05. The number of nitrogens with zero attached hydrogens (tertiary/aromatic N) is 1. The standard InChI is InChI=1S/C15H25FN2/c1-2-3-4-5-6-7-8-9-13-17-15-12-10-11-14(16)18-15/h10-12H,2-9,13H2,1H3,(H,17,18). The summed E-state index contributed by atoms with van der Waals surface area (Å²) in [6.07, 6.45) is 10.5. The SMILES string of the molecule is CCCCCCCCCCNc1cccc(F)n1. The van der Waals surface area contributed by atoms with Gasteiger partial charge in [-0.25, -0.2) is 4.98 Å². The number of unbranched alkanes of at least 4 members (excludes halogenated alkanes) is 7. The Kier molecular flexibility index (Phi) is 8.19. The van der Waals surface area contributed by atoms with E-state index in [1.165, 1.54) is 51.0 Å². The maximum absolute atomic E-state index is 12.8. The van der Waals surface area contributed by atoms with Crippen LogP contribution in [0.25, 0.3) is 0 Å². The van der Waals surface area contributed by atoms with Crippen molar-refractivity contribution in [3.05, 3.63) is 24.1 Å². The van der Waals surface area contributed by atoms with E-state index in [1.54, 1.807) is 12.1 Å². The molecule has 0 aliphatic heterocycles. The molecule has 3 heteroatoms. The van der Waals surface area contributed by atoms with Crippen molar-refractivity contribution < 1.29 is 4.39 Å². The quantitative estimate of drug-likeness (QED) is 0.479. The Morgan fingerprint density at radius 1 is 1.00 bits per heavy atom. The maximum atomic E-state index is 12.8. The van der Waals surface area contributed by atoms with Crippen LogP contribution in [0.15, 0.2) is 18.2 Å². The second-order valence-corrected chi connectivity index (χ2v) is 4.75. The highest BCUT2D eigenvalue weighted by molar-refractivity contribution is 5.33. The zero-order valence-electron chi connectivity index (χ0n) is 11.4. The molecule has 0 saturated carbocycles. The van der Waals surface area contributed by atoms with E-state index >= 15 is 0 Å². The summed E-state index contributed by atoms with van der Waals surface area (Å²) >= 11 is 0. The number of aromatic nitrogens is 1. The zero-order chi connectivity index (χ0) is 13.1. The van der Waals surface area contributed by atoms with Crippen LogP contribution in [0.5, 0.6) is 0 Å². The molecule has 0 saturated heterocycles. The Hall–Kier alpha value is -1.12. The molecule has 18 heavy (non-hydrogen) atoms. The molecule has 1 aromatic rings. The van der Waals surface area contributed by atoms with Gasteiger partial charge in [-0.2, -0.15) is 4.39 Å². The number of nitrogens with one attached hydrogen (secondary N) is 1. The summed E-state index contributed by atoms with van der Waals surface area (Å²) in [7, 11) is 0. The van der Waals surface area contributed by atoms with E-state index in [1.807, 2.05) is 0 Å². The van der Waals surface area contributed by atoms with Crippen molar-refractivity contribution in [2.24, 2.45) is 0 Å². The number of halogens is 1. The summed E-state index contributed by atoms with van der Waals surface area (Å²) in [4.78, 5) is 3.76. The van der Waals surface area contributed by atoms with Crippen LogP contribution < -0.4 is 5.32 Å². The molecule has 0 spiro atoms. The zero-order valence-corrected chi connectivity index (χ0v) is 11.4. The summed E-state index contributed by atoms with van der Waals surface area (Å²) in [6, 6.07) is 4.84. The molecule has 0 radical (unpaired) electrons. The minimum Gasteiger partial charge on any atom is -0.370 e. The molecule has 0 aromatic carbocycles. The van der Waals surface area contributed by atoms with Gasteiger partial charge in [-0.15, -0.1) is 0 Å². The Labute approximate surface area is 110 Å². The van der Waals surface area contributed by atoms with E-state index < -0.39 is 5.95 Å². The molecule has 0 unspecified atom stereocenters. The molecule has 0 aliphatic rings. The van der Waals surface area contributed by atoms with Gasteiger partial charge in [0.05, 0.1) is 0 Å². The van der Waals surface area contributed by atoms with Crippen molar-refractivity contribution in [1.82, 2.24) is 4.98 Å². The highest BCUT2D eigenvalue weighted by Crippen LogP contribution is 2.09. The largest absolute Gasteiger partial charge is 0.370 e. The lowest BCUT2D eigenvalue weighted by atomic mass is 10.1. The van der Waals surface area contributed by atoms with E-state index in [9.17, 15) is 4.39 Å². The van der Waals surface area contributed by atoms with Gasteiger partial charge in [0.25, 0.3) is 0 Å². The first-order valence-electron chi connectivity index (χ1n) is 7.19. The second kappa shape index (κ2) is 9.86. The van der Waals surface area contributed by atoms with Gasteiger partial charge in [0, 0.05) is 6.54 Å². The molecular formula is C15H25FN2. The topological polar surface area (TPSA) is 24.9 Å². The van der Waals surface area contributed by atoms with Gasteiger partial charge in [-0.1, -0.05) is 57.9 Å². The van der Waals surface area contributed by atoms with Crippen LogP contribution in [0.3, 0.4) is 0 Å². The first kappa shape index (κ1) is 14.9. The van der Waals surface area contributed by atoms with Gasteiger partial charge >= 0.3 is 0 Å². The Bertz CT molecular complexity index is 315. The van der Waals surface area contributed by atoms with Gasteiger partial charge in [0.15, 0.2) is 0 Å². The Morgan fingerprint density at radius 2 is 1.67 bits per heavy atom. The highest BCUT2D eigenvalue weighted by atomic mass is 19.1. The fourth-order valence-corrected chi connectivity index (χ4v) is 1.98. The Morgan fingerprint density at radius 3 is 2.33 bits per heavy atom. The highest BCUT2D eigenvalue weighted by Gasteiger charge is 1.95. The lowest BCUT2D eigenvalue weighted by Crippen LogP contribution is -2.03. The van der Waals surface area contributed by atoms with Gasteiger partial charge < -0.3 is 5.32 Å². The van der Waals surface area contributed by atoms with E-state index in [-0.39, 0.29) is 0 Å². The van der Waals surface area contributed by atoms with Crippen molar-refractivity contribution in [1.29, 1.82) is 0 Å². The van der Waals surface area contributed by atoms with Gasteiger partial charge in [0.1, 0.15) is 5.82 Å². The fourth-order valence-electron chi connectivity index (χ4n) is 1.98. The minimum atomic E-state index is -0.420. The van der Waals surface area contributed by atoms with Crippen molar-refractivity contribution in [3.8, 4) is 0 Å². The molecule has 0 aliphatic carbocycles. The number of pyridine rings is 1. The predicted molar refractivity (Wildman–Crippen MR) is 75.3 cm³/mol. The molecule has 0 atom stereocenters. The third kappa shape index (κ3) is 7.25.